The fourth-order valence-electron chi connectivity index (χ4n) is 2.61. The normalized spacial score (nSPS) is 13.9. The second kappa shape index (κ2) is 5.36. The van der Waals surface area contributed by atoms with Crippen LogP contribution in [0.5, 0.6) is 0 Å². The van der Waals surface area contributed by atoms with Gasteiger partial charge in [0.15, 0.2) is 17.5 Å². The highest BCUT2D eigenvalue weighted by atomic mass is 19.2. The van der Waals surface area contributed by atoms with E-state index in [0.29, 0.717) is 18.7 Å². The highest BCUT2D eigenvalue weighted by Crippen LogP contribution is 2.24. The summed E-state index contributed by atoms with van der Waals surface area (Å²) >= 11 is 0. The highest BCUT2D eigenvalue weighted by Gasteiger charge is 2.26. The van der Waals surface area contributed by atoms with Crippen molar-refractivity contribution in [2.45, 2.75) is 13.0 Å². The van der Waals surface area contributed by atoms with Gasteiger partial charge >= 0.3 is 0 Å². The Morgan fingerprint density at radius 3 is 2.59 bits per heavy atom. The molecule has 0 bridgehead atoms. The number of hydrogen-bond donors (Lipinski definition) is 1. The summed E-state index contributed by atoms with van der Waals surface area (Å²) in [5.74, 6) is -5.06. The van der Waals surface area contributed by atoms with Gasteiger partial charge in [-0.15, -0.1) is 0 Å². The van der Waals surface area contributed by atoms with Crippen molar-refractivity contribution in [3.63, 3.8) is 0 Å². The van der Waals surface area contributed by atoms with Gasteiger partial charge in [-0.3, -0.25) is 4.79 Å². The van der Waals surface area contributed by atoms with Crippen molar-refractivity contribution in [3.8, 4) is 0 Å². The molecule has 0 aromatic heterocycles. The molecule has 0 saturated heterocycles. The van der Waals surface area contributed by atoms with Gasteiger partial charge in [0.05, 0.1) is 5.56 Å². The van der Waals surface area contributed by atoms with Crippen LogP contribution >= 0.6 is 0 Å². The molecule has 0 spiro atoms. The quantitative estimate of drug-likeness (QED) is 0.650. The standard InChI is InChI=1S/C16H13F3N2O/c17-13-4-3-12(14(18)15(13)19)16(22)21-6-5-9-1-2-11(20)7-10(9)8-21/h1-4,7H,5-6,8,20H2. The molecule has 0 fully saturated rings. The van der Waals surface area contributed by atoms with Crippen molar-refractivity contribution in [2.75, 3.05) is 12.3 Å². The molecule has 3 rings (SSSR count). The Kier molecular flexibility index (Phi) is 3.52. The van der Waals surface area contributed by atoms with E-state index < -0.39 is 28.9 Å². The molecule has 1 aliphatic rings. The topological polar surface area (TPSA) is 46.3 Å². The van der Waals surface area contributed by atoms with Crippen LogP contribution in [-0.4, -0.2) is 17.4 Å². The number of carbonyl (C=O) groups excluding carboxylic acids is 1. The van der Waals surface area contributed by atoms with Gasteiger partial charge < -0.3 is 10.6 Å². The molecular weight excluding hydrogens is 293 g/mol. The fraction of sp³-hybridized carbons (Fsp3) is 0.188. The number of nitrogens with two attached hydrogens (primary N) is 1. The van der Waals surface area contributed by atoms with E-state index in [1.165, 1.54) is 4.90 Å². The molecule has 1 amide bonds. The molecule has 0 radical (unpaired) electrons. The van der Waals surface area contributed by atoms with Crippen molar-refractivity contribution >= 4 is 11.6 Å². The van der Waals surface area contributed by atoms with E-state index in [9.17, 15) is 18.0 Å². The number of benzene rings is 2. The first-order valence-electron chi connectivity index (χ1n) is 6.77. The molecule has 0 unspecified atom stereocenters. The van der Waals surface area contributed by atoms with Gasteiger partial charge in [0.1, 0.15) is 0 Å². The number of nitrogen functional groups attached to an aromatic ring is 1. The number of nitrogens with zero attached hydrogens (tertiary/aromatic N) is 1. The smallest absolute Gasteiger partial charge is 0.257 e. The van der Waals surface area contributed by atoms with Crippen LogP contribution in [0.25, 0.3) is 0 Å². The Hall–Kier alpha value is -2.50. The van der Waals surface area contributed by atoms with Gasteiger partial charge in [0.2, 0.25) is 0 Å². The summed E-state index contributed by atoms with van der Waals surface area (Å²) in [6, 6.07) is 7.15. The Morgan fingerprint density at radius 1 is 1.05 bits per heavy atom. The van der Waals surface area contributed by atoms with Gasteiger partial charge in [-0.2, -0.15) is 0 Å². The van der Waals surface area contributed by atoms with E-state index in [4.69, 9.17) is 5.73 Å². The molecule has 0 saturated carbocycles. The predicted molar refractivity (Wildman–Crippen MR) is 75.6 cm³/mol. The van der Waals surface area contributed by atoms with Crippen molar-refractivity contribution < 1.29 is 18.0 Å². The summed E-state index contributed by atoms with van der Waals surface area (Å²) in [4.78, 5) is 13.7. The van der Waals surface area contributed by atoms with Crippen molar-refractivity contribution in [1.82, 2.24) is 4.90 Å². The van der Waals surface area contributed by atoms with Crippen molar-refractivity contribution in [2.24, 2.45) is 0 Å². The van der Waals surface area contributed by atoms with Crippen LogP contribution in [0.15, 0.2) is 30.3 Å². The van der Waals surface area contributed by atoms with E-state index in [-0.39, 0.29) is 6.54 Å². The van der Waals surface area contributed by atoms with Gasteiger partial charge in [-0.1, -0.05) is 6.07 Å². The summed E-state index contributed by atoms with van der Waals surface area (Å²) in [5, 5.41) is 0. The number of rotatable bonds is 1. The van der Waals surface area contributed by atoms with E-state index in [0.717, 1.165) is 23.3 Å². The summed E-state index contributed by atoms with van der Waals surface area (Å²) in [5.41, 5.74) is 7.78. The average molecular weight is 306 g/mol. The maximum Gasteiger partial charge on any atom is 0.257 e. The minimum absolute atomic E-state index is 0.262. The Balaban J connectivity index is 1.90. The van der Waals surface area contributed by atoms with Crippen LogP contribution in [0.1, 0.15) is 21.5 Å². The third-order valence-electron chi connectivity index (χ3n) is 3.80. The van der Waals surface area contributed by atoms with Gasteiger partial charge in [0, 0.05) is 18.8 Å². The molecule has 1 heterocycles. The van der Waals surface area contributed by atoms with Crippen molar-refractivity contribution in [1.29, 1.82) is 0 Å². The lowest BCUT2D eigenvalue weighted by molar-refractivity contribution is 0.0728. The van der Waals surface area contributed by atoms with Crippen molar-refractivity contribution in [3.05, 3.63) is 64.5 Å². The lowest BCUT2D eigenvalue weighted by Gasteiger charge is -2.29. The Bertz CT molecular complexity index is 761. The molecular formula is C16H13F3N2O. The zero-order chi connectivity index (χ0) is 15.9. The fourth-order valence-corrected chi connectivity index (χ4v) is 2.61. The third kappa shape index (κ3) is 2.41. The van der Waals surface area contributed by atoms with Crippen LogP contribution in [0, 0.1) is 17.5 Å². The molecule has 2 N–H and O–H groups in total. The number of fused-ring (bicyclic) bond motifs is 1. The molecule has 114 valence electrons. The third-order valence-corrected chi connectivity index (χ3v) is 3.80. The summed E-state index contributed by atoms with van der Waals surface area (Å²) in [6.07, 6.45) is 0.604. The first-order chi connectivity index (χ1) is 10.5. The summed E-state index contributed by atoms with van der Waals surface area (Å²) in [6.45, 7) is 0.645. The van der Waals surface area contributed by atoms with Crippen LogP contribution < -0.4 is 5.73 Å². The van der Waals surface area contributed by atoms with Crippen LogP contribution in [0.2, 0.25) is 0 Å². The van der Waals surface area contributed by atoms with Crippen LogP contribution in [-0.2, 0) is 13.0 Å². The number of carbonyl (C=O) groups is 1. The molecule has 6 heteroatoms. The van der Waals surface area contributed by atoms with E-state index in [1.54, 1.807) is 12.1 Å². The highest BCUT2D eigenvalue weighted by molar-refractivity contribution is 5.94. The summed E-state index contributed by atoms with van der Waals surface area (Å²) in [7, 11) is 0. The monoisotopic (exact) mass is 306 g/mol. The summed E-state index contributed by atoms with van der Waals surface area (Å²) < 4.78 is 40.0. The molecule has 2 aromatic carbocycles. The lowest BCUT2D eigenvalue weighted by atomic mass is 9.98. The Morgan fingerprint density at radius 2 is 1.82 bits per heavy atom. The zero-order valence-corrected chi connectivity index (χ0v) is 11.6. The number of anilines is 1. The molecule has 0 aliphatic carbocycles. The van der Waals surface area contributed by atoms with E-state index >= 15 is 0 Å². The molecule has 1 aliphatic heterocycles. The first kappa shape index (κ1) is 14.4. The SMILES string of the molecule is Nc1ccc2c(c1)CN(C(=O)c1ccc(F)c(F)c1F)CC2. The molecule has 0 atom stereocenters. The maximum atomic E-state index is 13.7. The second-order valence-electron chi connectivity index (χ2n) is 5.23. The van der Waals surface area contributed by atoms with E-state index in [2.05, 4.69) is 0 Å². The minimum Gasteiger partial charge on any atom is -0.399 e. The molecule has 22 heavy (non-hydrogen) atoms. The van der Waals surface area contributed by atoms with Gasteiger partial charge in [-0.05, 0) is 41.8 Å². The largest absolute Gasteiger partial charge is 0.399 e. The molecule has 3 nitrogen and oxygen atoms in total. The first-order valence-corrected chi connectivity index (χ1v) is 6.77. The minimum atomic E-state index is -1.63. The number of amides is 1. The Labute approximate surface area is 125 Å². The number of hydrogen-bond acceptors (Lipinski definition) is 2. The number of halogens is 3. The maximum absolute atomic E-state index is 13.7. The average Bonchev–Trinajstić information content (AvgIpc) is 2.51. The predicted octanol–water partition coefficient (Wildman–Crippen LogP) is 2.88. The second-order valence-corrected chi connectivity index (χ2v) is 5.23. The van der Waals surface area contributed by atoms with Gasteiger partial charge in [0.25, 0.3) is 5.91 Å². The molecule has 2 aromatic rings. The van der Waals surface area contributed by atoms with Gasteiger partial charge in [-0.25, -0.2) is 13.2 Å². The van der Waals surface area contributed by atoms with Crippen LogP contribution in [0.3, 0.4) is 0 Å². The zero-order valence-electron chi connectivity index (χ0n) is 11.6. The lowest BCUT2D eigenvalue weighted by Crippen LogP contribution is -2.36. The van der Waals surface area contributed by atoms with E-state index in [1.807, 2.05) is 6.07 Å². The van der Waals surface area contributed by atoms with Crippen LogP contribution in [0.4, 0.5) is 18.9 Å².